The first-order valence-electron chi connectivity index (χ1n) is 11.6. The van der Waals surface area contributed by atoms with Crippen molar-refractivity contribution in [3.63, 3.8) is 0 Å². The summed E-state index contributed by atoms with van der Waals surface area (Å²) >= 11 is 0. The van der Waals surface area contributed by atoms with E-state index in [0.29, 0.717) is 40.8 Å². The minimum Gasteiger partial charge on any atom is -0.486 e. The summed E-state index contributed by atoms with van der Waals surface area (Å²) in [4.78, 5) is 26.2. The van der Waals surface area contributed by atoms with E-state index in [9.17, 15) is 9.59 Å². The number of nitrogens with one attached hydrogen (secondary N) is 1. The van der Waals surface area contributed by atoms with Crippen molar-refractivity contribution in [3.8, 4) is 5.75 Å². The highest BCUT2D eigenvalue weighted by molar-refractivity contribution is 6.13. The molecular formula is C27H29NO4. The van der Waals surface area contributed by atoms with Gasteiger partial charge < -0.3 is 14.5 Å². The number of benzene rings is 2. The van der Waals surface area contributed by atoms with Crippen LogP contribution < -0.4 is 10.1 Å². The molecule has 0 radical (unpaired) electrons. The van der Waals surface area contributed by atoms with Crippen molar-refractivity contribution in [2.75, 3.05) is 6.54 Å². The molecule has 32 heavy (non-hydrogen) atoms. The summed E-state index contributed by atoms with van der Waals surface area (Å²) in [6, 6.07) is 13.7. The lowest BCUT2D eigenvalue weighted by molar-refractivity contribution is 0.0139. The lowest BCUT2D eigenvalue weighted by Gasteiger charge is -2.40. The molecule has 1 aliphatic carbocycles. The minimum absolute atomic E-state index is 0.0901. The van der Waals surface area contributed by atoms with Crippen LogP contribution in [-0.4, -0.2) is 23.8 Å². The Morgan fingerprint density at radius 3 is 2.59 bits per heavy atom. The van der Waals surface area contributed by atoms with Crippen LogP contribution in [0.4, 0.5) is 0 Å². The average molecular weight is 432 g/mol. The number of rotatable bonds is 4. The Morgan fingerprint density at radius 1 is 1.09 bits per heavy atom. The van der Waals surface area contributed by atoms with Gasteiger partial charge in [-0.15, -0.1) is 0 Å². The van der Waals surface area contributed by atoms with E-state index in [0.717, 1.165) is 25.7 Å². The number of aryl methyl sites for hydroxylation is 1. The van der Waals surface area contributed by atoms with Crippen LogP contribution in [0.3, 0.4) is 0 Å². The molecule has 5 heteroatoms. The predicted octanol–water partition coefficient (Wildman–Crippen LogP) is 5.94. The highest BCUT2D eigenvalue weighted by Crippen LogP contribution is 2.45. The fourth-order valence-electron chi connectivity index (χ4n) is 5.25. The lowest BCUT2D eigenvalue weighted by atomic mass is 9.78. The van der Waals surface area contributed by atoms with Gasteiger partial charge in [-0.2, -0.15) is 0 Å². The number of hydrogen-bond acceptors (Lipinski definition) is 4. The van der Waals surface area contributed by atoms with E-state index in [-0.39, 0.29) is 29.0 Å². The van der Waals surface area contributed by atoms with Gasteiger partial charge in [-0.05, 0) is 56.2 Å². The van der Waals surface area contributed by atoms with Gasteiger partial charge in [0.25, 0.3) is 5.91 Å². The molecule has 1 unspecified atom stereocenters. The highest BCUT2D eigenvalue weighted by Gasteiger charge is 2.42. The van der Waals surface area contributed by atoms with Crippen LogP contribution in [0.1, 0.15) is 83.4 Å². The molecule has 0 saturated heterocycles. The van der Waals surface area contributed by atoms with E-state index in [1.165, 1.54) is 12.0 Å². The van der Waals surface area contributed by atoms with Crippen molar-refractivity contribution in [1.82, 2.24) is 5.32 Å². The Morgan fingerprint density at radius 2 is 1.84 bits per heavy atom. The molecule has 1 atom stereocenters. The summed E-state index contributed by atoms with van der Waals surface area (Å²) in [6.45, 7) is 4.43. The van der Waals surface area contributed by atoms with E-state index in [1.807, 2.05) is 37.3 Å². The summed E-state index contributed by atoms with van der Waals surface area (Å²) in [5.74, 6) is 0.901. The molecule has 1 saturated carbocycles. The Hall–Kier alpha value is -3.08. The monoisotopic (exact) mass is 431 g/mol. The number of carbonyl (C=O) groups excluding carboxylic acids is 2. The summed E-state index contributed by atoms with van der Waals surface area (Å²) < 4.78 is 12.4. The summed E-state index contributed by atoms with van der Waals surface area (Å²) in [5, 5.41) is 3.70. The predicted molar refractivity (Wildman–Crippen MR) is 124 cm³/mol. The number of ether oxygens (including phenoxy) is 1. The number of fused-ring (bicyclic) bond motifs is 3. The van der Waals surface area contributed by atoms with Gasteiger partial charge in [0, 0.05) is 17.5 Å². The third-order valence-corrected chi connectivity index (χ3v) is 7.05. The van der Waals surface area contributed by atoms with E-state index in [1.54, 1.807) is 0 Å². The number of Topliss-reactive ketones (excluding diaryl/α,β-unsaturated/α-hetero) is 1. The molecule has 2 heterocycles. The van der Waals surface area contributed by atoms with Gasteiger partial charge in [0.05, 0.1) is 12.0 Å². The van der Waals surface area contributed by atoms with Gasteiger partial charge in [0.15, 0.2) is 11.5 Å². The zero-order valence-electron chi connectivity index (χ0n) is 18.7. The van der Waals surface area contributed by atoms with Gasteiger partial charge in [-0.1, -0.05) is 43.7 Å². The van der Waals surface area contributed by atoms with Crippen LogP contribution in [0, 0.1) is 6.92 Å². The zero-order chi connectivity index (χ0) is 22.3. The SMILES string of the molecule is Cc1c(C(=O)NCC(C)c2ccccc2)oc2ccc3c(c12)C(=O)CC1(CCCCC1)O3. The van der Waals surface area contributed by atoms with Gasteiger partial charge in [0.1, 0.15) is 16.9 Å². The largest absolute Gasteiger partial charge is 0.486 e. The average Bonchev–Trinajstić information content (AvgIpc) is 3.14. The molecule has 1 fully saturated rings. The summed E-state index contributed by atoms with van der Waals surface area (Å²) in [5.41, 5.74) is 2.62. The van der Waals surface area contributed by atoms with Crippen LogP contribution in [0.15, 0.2) is 46.9 Å². The fourth-order valence-corrected chi connectivity index (χ4v) is 5.25. The fraction of sp³-hybridized carbons (Fsp3) is 0.407. The first-order chi connectivity index (χ1) is 15.5. The number of ketones is 1. The topological polar surface area (TPSA) is 68.5 Å². The standard InChI is InChI=1S/C27H29NO4/c1-17(19-9-5-3-6-10-19)16-28-26(30)25-18(2)23-21(31-25)11-12-22-24(23)20(29)15-27(32-22)13-7-4-8-14-27/h3,5-6,9-12,17H,4,7-8,13-16H2,1-2H3,(H,28,30). The second-order valence-corrected chi connectivity index (χ2v) is 9.34. The van der Waals surface area contributed by atoms with Gasteiger partial charge >= 0.3 is 0 Å². The highest BCUT2D eigenvalue weighted by atomic mass is 16.5. The molecule has 5 nitrogen and oxygen atoms in total. The maximum Gasteiger partial charge on any atom is 0.287 e. The number of amides is 1. The molecule has 1 spiro atoms. The molecule has 1 N–H and O–H groups in total. The first kappa shape index (κ1) is 20.8. The van der Waals surface area contributed by atoms with Crippen LogP contribution in [0.2, 0.25) is 0 Å². The van der Waals surface area contributed by atoms with Crippen molar-refractivity contribution >= 4 is 22.7 Å². The molecule has 166 valence electrons. The Kier molecular flexibility index (Phi) is 5.28. The third kappa shape index (κ3) is 3.60. The van der Waals surface area contributed by atoms with Gasteiger partial charge in [-0.3, -0.25) is 9.59 Å². The molecule has 1 aliphatic heterocycles. The Labute approximate surface area is 188 Å². The Bertz CT molecular complexity index is 1170. The maximum atomic E-state index is 13.3. The van der Waals surface area contributed by atoms with E-state index in [4.69, 9.17) is 9.15 Å². The second-order valence-electron chi connectivity index (χ2n) is 9.34. The first-order valence-corrected chi connectivity index (χ1v) is 11.6. The summed E-state index contributed by atoms with van der Waals surface area (Å²) in [6.07, 6.45) is 5.65. The van der Waals surface area contributed by atoms with Gasteiger partial charge in [-0.25, -0.2) is 0 Å². The Balaban J connectivity index is 1.41. The zero-order valence-corrected chi connectivity index (χ0v) is 18.7. The molecular weight excluding hydrogens is 402 g/mol. The molecule has 1 amide bonds. The molecule has 5 rings (SSSR count). The number of carbonyl (C=O) groups is 2. The summed E-state index contributed by atoms with van der Waals surface area (Å²) in [7, 11) is 0. The molecule has 1 aromatic heterocycles. The molecule has 2 aliphatic rings. The van der Waals surface area contributed by atoms with Gasteiger partial charge in [0.2, 0.25) is 0 Å². The van der Waals surface area contributed by atoms with Crippen LogP contribution in [0.25, 0.3) is 11.0 Å². The van der Waals surface area contributed by atoms with E-state index < -0.39 is 0 Å². The normalized spacial score (nSPS) is 18.2. The van der Waals surface area contributed by atoms with E-state index in [2.05, 4.69) is 24.4 Å². The van der Waals surface area contributed by atoms with Crippen molar-refractivity contribution in [2.45, 2.75) is 63.9 Å². The maximum absolute atomic E-state index is 13.3. The molecule has 2 aromatic carbocycles. The minimum atomic E-state index is -0.360. The third-order valence-electron chi connectivity index (χ3n) is 7.05. The van der Waals surface area contributed by atoms with Crippen LogP contribution in [-0.2, 0) is 0 Å². The van der Waals surface area contributed by atoms with Crippen LogP contribution in [0.5, 0.6) is 5.75 Å². The smallest absolute Gasteiger partial charge is 0.287 e. The van der Waals surface area contributed by atoms with Crippen molar-refractivity contribution in [3.05, 3.63) is 64.9 Å². The number of furan rings is 1. The van der Waals surface area contributed by atoms with Crippen molar-refractivity contribution in [2.24, 2.45) is 0 Å². The van der Waals surface area contributed by atoms with E-state index >= 15 is 0 Å². The quantitative estimate of drug-likeness (QED) is 0.555. The van der Waals surface area contributed by atoms with Crippen molar-refractivity contribution < 1.29 is 18.7 Å². The lowest BCUT2D eigenvalue weighted by Crippen LogP contribution is -2.43. The molecule has 0 bridgehead atoms. The van der Waals surface area contributed by atoms with Crippen LogP contribution >= 0.6 is 0 Å². The number of hydrogen-bond donors (Lipinski definition) is 1. The second kappa shape index (κ2) is 8.12. The van der Waals surface area contributed by atoms with Crippen molar-refractivity contribution in [1.29, 1.82) is 0 Å². The molecule has 3 aromatic rings.